The first kappa shape index (κ1) is 12.8. The maximum absolute atomic E-state index is 11.7. The van der Waals surface area contributed by atoms with Gasteiger partial charge in [-0.3, -0.25) is 9.69 Å². The minimum Gasteiger partial charge on any atom is -0.467 e. The molecule has 1 aliphatic heterocycles. The molecule has 5 nitrogen and oxygen atoms in total. The first-order chi connectivity index (χ1) is 8.78. The second kappa shape index (κ2) is 6.35. The van der Waals surface area contributed by atoms with Gasteiger partial charge in [0.05, 0.1) is 19.4 Å². The van der Waals surface area contributed by atoms with Crippen LogP contribution in [0.15, 0.2) is 22.8 Å². The van der Waals surface area contributed by atoms with Gasteiger partial charge in [-0.15, -0.1) is 0 Å². The molecule has 2 rings (SSSR count). The van der Waals surface area contributed by atoms with Crippen LogP contribution in [-0.4, -0.2) is 36.7 Å². The topological polar surface area (TPSA) is 62.6 Å². The first-order valence-electron chi connectivity index (χ1n) is 6.24. The maximum Gasteiger partial charge on any atom is 0.234 e. The Morgan fingerprint density at radius 3 is 2.89 bits per heavy atom. The third-order valence-electron chi connectivity index (χ3n) is 3.23. The van der Waals surface area contributed by atoms with Crippen LogP contribution < -0.4 is 5.32 Å². The van der Waals surface area contributed by atoms with E-state index in [1.807, 2.05) is 6.07 Å². The highest BCUT2D eigenvalue weighted by Crippen LogP contribution is 2.14. The molecule has 1 saturated heterocycles. The lowest BCUT2D eigenvalue weighted by Gasteiger charge is -2.28. The van der Waals surface area contributed by atoms with Crippen molar-refractivity contribution in [3.8, 4) is 0 Å². The number of amides is 1. The predicted octanol–water partition coefficient (Wildman–Crippen LogP) is 0.807. The van der Waals surface area contributed by atoms with Crippen molar-refractivity contribution < 1.29 is 14.0 Å². The number of nitrogens with one attached hydrogen (secondary N) is 1. The summed E-state index contributed by atoms with van der Waals surface area (Å²) in [5, 5.41) is 2.81. The lowest BCUT2D eigenvalue weighted by atomic mass is 9.99. The van der Waals surface area contributed by atoms with Crippen molar-refractivity contribution in [1.82, 2.24) is 10.2 Å². The number of hydrogen-bond acceptors (Lipinski definition) is 4. The molecule has 0 saturated carbocycles. The van der Waals surface area contributed by atoms with Crippen LogP contribution in [-0.2, 0) is 16.1 Å². The largest absolute Gasteiger partial charge is 0.467 e. The van der Waals surface area contributed by atoms with Crippen molar-refractivity contribution in [3.05, 3.63) is 24.2 Å². The van der Waals surface area contributed by atoms with E-state index in [2.05, 4.69) is 10.2 Å². The average Bonchev–Trinajstić information content (AvgIpc) is 2.90. The highest BCUT2D eigenvalue weighted by Gasteiger charge is 2.20. The highest BCUT2D eigenvalue weighted by molar-refractivity contribution is 5.77. The van der Waals surface area contributed by atoms with Crippen molar-refractivity contribution in [2.45, 2.75) is 19.4 Å². The first-order valence-corrected chi connectivity index (χ1v) is 6.24. The zero-order valence-electron chi connectivity index (χ0n) is 10.3. The molecule has 1 fully saturated rings. The Morgan fingerprint density at radius 1 is 1.50 bits per heavy atom. The Labute approximate surface area is 106 Å². The number of aldehydes is 1. The summed E-state index contributed by atoms with van der Waals surface area (Å²) in [5.74, 6) is 0.923. The monoisotopic (exact) mass is 250 g/mol. The smallest absolute Gasteiger partial charge is 0.234 e. The van der Waals surface area contributed by atoms with Crippen LogP contribution in [0.4, 0.5) is 0 Å². The van der Waals surface area contributed by atoms with E-state index in [1.54, 1.807) is 12.3 Å². The predicted molar refractivity (Wildman–Crippen MR) is 65.8 cm³/mol. The Hall–Kier alpha value is -1.62. The van der Waals surface area contributed by atoms with Gasteiger partial charge in [0.15, 0.2) is 0 Å². The van der Waals surface area contributed by atoms with E-state index >= 15 is 0 Å². The molecule has 0 spiro atoms. The molecule has 1 aromatic rings. The molecule has 1 aromatic heterocycles. The second-order valence-electron chi connectivity index (χ2n) is 4.61. The van der Waals surface area contributed by atoms with E-state index in [0.717, 1.165) is 38.0 Å². The number of likely N-dealkylation sites (tertiary alicyclic amines) is 1. The lowest BCUT2D eigenvalue weighted by Crippen LogP contribution is -2.41. The van der Waals surface area contributed by atoms with Crippen molar-refractivity contribution in [3.63, 3.8) is 0 Å². The number of furan rings is 1. The summed E-state index contributed by atoms with van der Waals surface area (Å²) in [5.41, 5.74) is 0. The van der Waals surface area contributed by atoms with Crippen LogP contribution in [0.5, 0.6) is 0 Å². The zero-order chi connectivity index (χ0) is 12.8. The molecule has 0 radical (unpaired) electrons. The number of piperidine rings is 1. The third kappa shape index (κ3) is 3.70. The van der Waals surface area contributed by atoms with Gasteiger partial charge in [0.2, 0.25) is 5.91 Å². The Kier molecular flexibility index (Phi) is 4.52. The van der Waals surface area contributed by atoms with Crippen LogP contribution >= 0.6 is 0 Å². The van der Waals surface area contributed by atoms with E-state index in [0.29, 0.717) is 13.1 Å². The van der Waals surface area contributed by atoms with Gasteiger partial charge >= 0.3 is 0 Å². The molecule has 0 aromatic carbocycles. The Bertz CT molecular complexity index is 381. The normalized spacial score (nSPS) is 17.6. The molecule has 2 heterocycles. The fourth-order valence-corrected chi connectivity index (χ4v) is 2.10. The molecule has 1 N–H and O–H groups in total. The zero-order valence-corrected chi connectivity index (χ0v) is 10.3. The fourth-order valence-electron chi connectivity index (χ4n) is 2.10. The van der Waals surface area contributed by atoms with Crippen molar-refractivity contribution in [2.75, 3.05) is 19.6 Å². The van der Waals surface area contributed by atoms with Gasteiger partial charge in [0, 0.05) is 5.92 Å². The summed E-state index contributed by atoms with van der Waals surface area (Å²) in [7, 11) is 0. The van der Waals surface area contributed by atoms with Crippen LogP contribution in [0, 0.1) is 5.92 Å². The minimum atomic E-state index is -0.00375. The summed E-state index contributed by atoms with van der Waals surface area (Å²) in [4.78, 5) is 24.4. The number of carbonyl (C=O) groups excluding carboxylic acids is 2. The van der Waals surface area contributed by atoms with Gasteiger partial charge in [0.1, 0.15) is 12.0 Å². The summed E-state index contributed by atoms with van der Waals surface area (Å²) < 4.78 is 5.14. The summed E-state index contributed by atoms with van der Waals surface area (Å²) in [6.45, 7) is 2.46. The van der Waals surface area contributed by atoms with E-state index in [4.69, 9.17) is 4.42 Å². The summed E-state index contributed by atoms with van der Waals surface area (Å²) in [6.07, 6.45) is 4.32. The van der Waals surface area contributed by atoms with Gasteiger partial charge in [-0.1, -0.05) is 0 Å². The molecule has 0 aliphatic carbocycles. The highest BCUT2D eigenvalue weighted by atomic mass is 16.3. The molecule has 98 valence electrons. The molecular weight excluding hydrogens is 232 g/mol. The van der Waals surface area contributed by atoms with Gasteiger partial charge in [-0.2, -0.15) is 0 Å². The number of hydrogen-bond donors (Lipinski definition) is 1. The Balaban J connectivity index is 1.67. The summed E-state index contributed by atoms with van der Waals surface area (Å²) in [6, 6.07) is 3.63. The van der Waals surface area contributed by atoms with E-state index < -0.39 is 0 Å². The molecule has 1 aliphatic rings. The maximum atomic E-state index is 11.7. The van der Waals surface area contributed by atoms with Gasteiger partial charge < -0.3 is 14.5 Å². The molecule has 1 amide bonds. The van der Waals surface area contributed by atoms with E-state index in [1.165, 1.54) is 0 Å². The van der Waals surface area contributed by atoms with Crippen molar-refractivity contribution >= 4 is 12.2 Å². The standard InChI is InChI=1S/C13H18N2O3/c16-10-11-3-5-15(6-4-11)9-13(17)14-8-12-2-1-7-18-12/h1-2,7,10-11H,3-6,8-9H2,(H,14,17). The fraction of sp³-hybridized carbons (Fsp3) is 0.538. The number of carbonyl (C=O) groups is 2. The van der Waals surface area contributed by atoms with Crippen LogP contribution in [0.25, 0.3) is 0 Å². The number of nitrogens with zero attached hydrogens (tertiary/aromatic N) is 1. The number of rotatable bonds is 5. The van der Waals surface area contributed by atoms with Gasteiger partial charge in [-0.25, -0.2) is 0 Å². The molecular formula is C13H18N2O3. The molecule has 5 heteroatoms. The van der Waals surface area contributed by atoms with Crippen molar-refractivity contribution in [2.24, 2.45) is 5.92 Å². The van der Waals surface area contributed by atoms with Gasteiger partial charge in [-0.05, 0) is 38.1 Å². The Morgan fingerprint density at radius 2 is 2.28 bits per heavy atom. The van der Waals surface area contributed by atoms with E-state index in [-0.39, 0.29) is 11.8 Å². The van der Waals surface area contributed by atoms with Crippen LogP contribution in [0.1, 0.15) is 18.6 Å². The van der Waals surface area contributed by atoms with E-state index in [9.17, 15) is 9.59 Å². The van der Waals surface area contributed by atoms with Gasteiger partial charge in [0.25, 0.3) is 0 Å². The third-order valence-corrected chi connectivity index (χ3v) is 3.23. The van der Waals surface area contributed by atoms with Crippen LogP contribution in [0.3, 0.4) is 0 Å². The second-order valence-corrected chi connectivity index (χ2v) is 4.61. The lowest BCUT2D eigenvalue weighted by molar-refractivity contribution is -0.122. The minimum absolute atomic E-state index is 0.00375. The quantitative estimate of drug-likeness (QED) is 0.785. The molecule has 0 unspecified atom stereocenters. The average molecular weight is 250 g/mol. The van der Waals surface area contributed by atoms with Crippen LogP contribution in [0.2, 0.25) is 0 Å². The molecule has 0 atom stereocenters. The summed E-state index contributed by atoms with van der Waals surface area (Å²) >= 11 is 0. The molecule has 0 bridgehead atoms. The SMILES string of the molecule is O=CC1CCN(CC(=O)NCc2ccco2)CC1. The molecule has 18 heavy (non-hydrogen) atoms. The van der Waals surface area contributed by atoms with Crippen molar-refractivity contribution in [1.29, 1.82) is 0 Å².